The second-order valence-electron chi connectivity index (χ2n) is 5.20. The van der Waals surface area contributed by atoms with Gasteiger partial charge in [0.15, 0.2) is 0 Å². The van der Waals surface area contributed by atoms with Crippen molar-refractivity contribution in [1.29, 1.82) is 0 Å². The van der Waals surface area contributed by atoms with E-state index in [4.69, 9.17) is 5.84 Å². The third-order valence-electron chi connectivity index (χ3n) is 3.37. The SMILES string of the molecule is CC(=O)Nc1ccc(S(=O)(=O)NN2CC=C(C(=O)NN)CC2)cc1. The number of anilines is 1. The van der Waals surface area contributed by atoms with Gasteiger partial charge in [0.25, 0.3) is 15.9 Å². The lowest BCUT2D eigenvalue weighted by Gasteiger charge is -2.25. The number of sulfonamides is 1. The highest BCUT2D eigenvalue weighted by molar-refractivity contribution is 7.89. The number of carbonyl (C=O) groups excluding carboxylic acids is 2. The predicted molar refractivity (Wildman–Crippen MR) is 87.7 cm³/mol. The Balaban J connectivity index is 2.03. The zero-order chi connectivity index (χ0) is 17.7. The Labute approximate surface area is 139 Å². The highest BCUT2D eigenvalue weighted by Crippen LogP contribution is 2.16. The summed E-state index contributed by atoms with van der Waals surface area (Å²) < 4.78 is 24.7. The lowest BCUT2D eigenvalue weighted by Crippen LogP contribution is -2.45. The molecule has 9 nitrogen and oxygen atoms in total. The molecule has 0 radical (unpaired) electrons. The van der Waals surface area contributed by atoms with Gasteiger partial charge in [0, 0.05) is 31.3 Å². The molecule has 0 unspecified atom stereocenters. The zero-order valence-electron chi connectivity index (χ0n) is 13.1. The molecule has 130 valence electrons. The van der Waals surface area contributed by atoms with Gasteiger partial charge in [-0.15, -0.1) is 4.83 Å². The van der Waals surface area contributed by atoms with E-state index in [2.05, 4.69) is 10.1 Å². The summed E-state index contributed by atoms with van der Waals surface area (Å²) in [5.74, 6) is 4.46. The van der Waals surface area contributed by atoms with Crippen molar-refractivity contribution >= 4 is 27.5 Å². The minimum absolute atomic E-state index is 0.0751. The summed E-state index contributed by atoms with van der Waals surface area (Å²) in [6.45, 7) is 1.98. The van der Waals surface area contributed by atoms with Gasteiger partial charge in [0.05, 0.1) is 4.90 Å². The summed E-state index contributed by atoms with van der Waals surface area (Å²) in [6.07, 6.45) is 2.00. The van der Waals surface area contributed by atoms with Gasteiger partial charge in [0.1, 0.15) is 0 Å². The molecule has 5 N–H and O–H groups in total. The topological polar surface area (TPSA) is 134 Å². The van der Waals surface area contributed by atoms with Gasteiger partial charge in [-0.2, -0.15) is 0 Å². The molecule has 0 saturated carbocycles. The van der Waals surface area contributed by atoms with Gasteiger partial charge >= 0.3 is 0 Å². The number of amides is 2. The molecule has 0 atom stereocenters. The van der Waals surface area contributed by atoms with Gasteiger partial charge in [-0.1, -0.05) is 6.08 Å². The predicted octanol–water partition coefficient (Wildman–Crippen LogP) is -0.540. The number of rotatable bonds is 5. The summed E-state index contributed by atoms with van der Waals surface area (Å²) >= 11 is 0. The molecule has 0 fully saturated rings. The van der Waals surface area contributed by atoms with Crippen molar-refractivity contribution < 1.29 is 18.0 Å². The molecule has 0 aromatic heterocycles. The Bertz CT molecular complexity index is 758. The molecule has 1 aromatic rings. The second kappa shape index (κ2) is 7.53. The van der Waals surface area contributed by atoms with Crippen molar-refractivity contribution in [2.75, 3.05) is 18.4 Å². The highest BCUT2D eigenvalue weighted by atomic mass is 32.2. The smallest absolute Gasteiger partial charge is 0.260 e. The van der Waals surface area contributed by atoms with Gasteiger partial charge in [-0.25, -0.2) is 19.3 Å². The number of nitrogens with one attached hydrogen (secondary N) is 3. The number of nitrogens with two attached hydrogens (primary N) is 1. The second-order valence-corrected chi connectivity index (χ2v) is 6.86. The Morgan fingerprint density at radius 2 is 1.88 bits per heavy atom. The summed E-state index contributed by atoms with van der Waals surface area (Å²) in [5.41, 5.74) is 3.08. The van der Waals surface area contributed by atoms with Crippen molar-refractivity contribution in [1.82, 2.24) is 15.3 Å². The molecule has 1 aliphatic rings. The molecule has 1 aliphatic heterocycles. The molecule has 10 heteroatoms. The van der Waals surface area contributed by atoms with Crippen LogP contribution in [0.2, 0.25) is 0 Å². The molecular formula is C14H19N5O4S. The Morgan fingerprint density at radius 1 is 1.21 bits per heavy atom. The average molecular weight is 353 g/mol. The van der Waals surface area contributed by atoms with Crippen molar-refractivity contribution in [3.05, 3.63) is 35.9 Å². The fourth-order valence-electron chi connectivity index (χ4n) is 2.19. The first kappa shape index (κ1) is 18.1. The minimum Gasteiger partial charge on any atom is -0.326 e. The van der Waals surface area contributed by atoms with Crippen molar-refractivity contribution in [2.45, 2.75) is 18.2 Å². The Kier molecular flexibility index (Phi) is 5.67. The first-order valence-electron chi connectivity index (χ1n) is 7.17. The monoisotopic (exact) mass is 353 g/mol. The Morgan fingerprint density at radius 3 is 2.38 bits per heavy atom. The maximum absolute atomic E-state index is 12.3. The molecule has 0 bridgehead atoms. The lowest BCUT2D eigenvalue weighted by atomic mass is 10.1. The third-order valence-corrected chi connectivity index (χ3v) is 4.76. The first-order chi connectivity index (χ1) is 11.3. The van der Waals surface area contributed by atoms with Crippen LogP contribution in [0, 0.1) is 0 Å². The third kappa shape index (κ3) is 4.61. The number of hydrazine groups is 2. The van der Waals surface area contributed by atoms with Crippen molar-refractivity contribution in [2.24, 2.45) is 5.84 Å². The normalized spacial score (nSPS) is 15.5. The summed E-state index contributed by atoms with van der Waals surface area (Å²) in [6, 6.07) is 5.83. The summed E-state index contributed by atoms with van der Waals surface area (Å²) in [5, 5.41) is 4.06. The fourth-order valence-corrected chi connectivity index (χ4v) is 3.30. The zero-order valence-corrected chi connectivity index (χ0v) is 13.9. The summed E-state index contributed by atoms with van der Waals surface area (Å²) in [7, 11) is -3.74. The van der Waals surface area contributed by atoms with Crippen LogP contribution >= 0.6 is 0 Å². The van der Waals surface area contributed by atoms with E-state index in [1.807, 2.05) is 5.43 Å². The standard InChI is InChI=1S/C14H19N5O4S/c1-10(20)16-12-2-4-13(5-3-12)24(22,23)18-19-8-6-11(7-9-19)14(21)17-15/h2-6,18H,7-9,15H2,1H3,(H,16,20)(H,17,21). The van der Waals surface area contributed by atoms with Crippen molar-refractivity contribution in [3.63, 3.8) is 0 Å². The molecule has 2 amide bonds. The molecule has 0 spiro atoms. The molecule has 0 aliphatic carbocycles. The van der Waals surface area contributed by atoms with Crippen LogP contribution in [-0.4, -0.2) is 38.3 Å². The highest BCUT2D eigenvalue weighted by Gasteiger charge is 2.22. The van der Waals surface area contributed by atoms with Crippen LogP contribution in [0.15, 0.2) is 40.8 Å². The van der Waals surface area contributed by atoms with Crippen LogP contribution in [0.25, 0.3) is 0 Å². The van der Waals surface area contributed by atoms with Gasteiger partial charge in [-0.05, 0) is 30.7 Å². The van der Waals surface area contributed by atoms with E-state index in [-0.39, 0.29) is 23.3 Å². The van der Waals surface area contributed by atoms with E-state index < -0.39 is 10.0 Å². The number of nitrogens with zero attached hydrogens (tertiary/aromatic N) is 1. The molecule has 2 rings (SSSR count). The Hall–Kier alpha value is -2.27. The molecule has 1 aromatic carbocycles. The van der Waals surface area contributed by atoms with Gasteiger partial charge in [0.2, 0.25) is 5.91 Å². The molecule has 1 heterocycles. The maximum Gasteiger partial charge on any atom is 0.260 e. The van der Waals surface area contributed by atoms with Crippen LogP contribution < -0.4 is 21.4 Å². The van der Waals surface area contributed by atoms with Crippen LogP contribution in [0.5, 0.6) is 0 Å². The lowest BCUT2D eigenvalue weighted by molar-refractivity contribution is -0.118. The number of hydrogen-bond donors (Lipinski definition) is 4. The number of hydrogen-bond acceptors (Lipinski definition) is 6. The largest absolute Gasteiger partial charge is 0.326 e. The molecule has 0 saturated heterocycles. The first-order valence-corrected chi connectivity index (χ1v) is 8.65. The minimum atomic E-state index is -3.74. The average Bonchev–Trinajstić information content (AvgIpc) is 2.54. The van der Waals surface area contributed by atoms with Crippen molar-refractivity contribution in [3.8, 4) is 0 Å². The van der Waals surface area contributed by atoms with Gasteiger partial charge < -0.3 is 5.32 Å². The van der Waals surface area contributed by atoms with Gasteiger partial charge in [-0.3, -0.25) is 15.0 Å². The molecular weight excluding hydrogens is 334 g/mol. The maximum atomic E-state index is 12.3. The number of benzene rings is 1. The van der Waals surface area contributed by atoms with Crippen LogP contribution in [0.4, 0.5) is 5.69 Å². The van der Waals surface area contributed by atoms with E-state index in [1.54, 1.807) is 6.08 Å². The van der Waals surface area contributed by atoms with E-state index in [0.717, 1.165) is 0 Å². The van der Waals surface area contributed by atoms with E-state index in [9.17, 15) is 18.0 Å². The quantitative estimate of drug-likeness (QED) is 0.319. The van der Waals surface area contributed by atoms with Crippen LogP contribution in [-0.2, 0) is 19.6 Å². The van der Waals surface area contributed by atoms with E-state index in [0.29, 0.717) is 24.2 Å². The van der Waals surface area contributed by atoms with E-state index >= 15 is 0 Å². The summed E-state index contributed by atoms with van der Waals surface area (Å²) in [4.78, 5) is 24.9. The van der Waals surface area contributed by atoms with Crippen LogP contribution in [0.3, 0.4) is 0 Å². The number of carbonyl (C=O) groups is 2. The fraction of sp³-hybridized carbons (Fsp3) is 0.286. The van der Waals surface area contributed by atoms with E-state index in [1.165, 1.54) is 36.2 Å². The van der Waals surface area contributed by atoms with Crippen LogP contribution in [0.1, 0.15) is 13.3 Å². The molecule has 24 heavy (non-hydrogen) atoms.